The van der Waals surface area contributed by atoms with Gasteiger partial charge >= 0.3 is 5.97 Å². The Hall–Kier alpha value is -1.85. The molecule has 0 aliphatic heterocycles. The van der Waals surface area contributed by atoms with Gasteiger partial charge in [-0.1, -0.05) is 0 Å². The van der Waals surface area contributed by atoms with Gasteiger partial charge in [-0.05, 0) is 6.92 Å². The lowest BCUT2D eigenvalue weighted by molar-refractivity contribution is -0.385. The summed E-state index contributed by atoms with van der Waals surface area (Å²) in [6.45, 7) is 1.39. The molecule has 0 unspecified atom stereocenters. The highest BCUT2D eigenvalue weighted by molar-refractivity contribution is 5.88. The second-order valence-electron chi connectivity index (χ2n) is 2.24. The van der Waals surface area contributed by atoms with Crippen molar-refractivity contribution in [1.82, 2.24) is 4.98 Å². The summed E-state index contributed by atoms with van der Waals surface area (Å²) in [6, 6.07) is 0. The zero-order valence-electron chi connectivity index (χ0n) is 6.20. The van der Waals surface area contributed by atoms with Crippen LogP contribution in [0.3, 0.4) is 0 Å². The summed E-state index contributed by atoms with van der Waals surface area (Å²) in [5.41, 5.74) is -0.193. The van der Waals surface area contributed by atoms with Crippen molar-refractivity contribution in [2.75, 3.05) is 0 Å². The summed E-state index contributed by atoms with van der Waals surface area (Å²) in [6.07, 6.45) is 1.07. The van der Waals surface area contributed by atoms with Gasteiger partial charge in [0.25, 0.3) is 5.69 Å². The first-order valence-corrected chi connectivity index (χ1v) is 3.09. The number of rotatable bonds is 2. The summed E-state index contributed by atoms with van der Waals surface area (Å²) in [7, 11) is 0. The number of aromatic carboxylic acids is 1. The molecule has 0 saturated heterocycles. The second kappa shape index (κ2) is 2.65. The molecule has 0 atom stereocenters. The molecule has 1 rings (SSSR count). The predicted octanol–water partition coefficient (Wildman–Crippen LogP) is 0.930. The number of nitrogens with one attached hydrogen (secondary N) is 1. The van der Waals surface area contributed by atoms with Crippen molar-refractivity contribution in [3.8, 4) is 0 Å². The maximum atomic E-state index is 10.4. The monoisotopic (exact) mass is 170 g/mol. The predicted molar refractivity (Wildman–Crippen MR) is 39.1 cm³/mol. The van der Waals surface area contributed by atoms with Crippen LogP contribution in [0.4, 0.5) is 5.69 Å². The molecule has 6 heteroatoms. The Balaban J connectivity index is 3.22. The molecule has 0 amide bonds. The zero-order valence-corrected chi connectivity index (χ0v) is 6.20. The molecule has 0 spiro atoms. The van der Waals surface area contributed by atoms with Crippen molar-refractivity contribution < 1.29 is 14.8 Å². The molecule has 0 aliphatic rings. The van der Waals surface area contributed by atoms with Crippen molar-refractivity contribution in [3.05, 3.63) is 27.6 Å². The number of nitrogens with zero attached hydrogens (tertiary/aromatic N) is 1. The minimum Gasteiger partial charge on any atom is -0.477 e. The Morgan fingerprint density at radius 1 is 1.75 bits per heavy atom. The molecule has 0 saturated carbocycles. The lowest BCUT2D eigenvalue weighted by Gasteiger charge is -1.89. The number of aromatic amines is 1. The first kappa shape index (κ1) is 8.25. The van der Waals surface area contributed by atoms with E-state index in [1.165, 1.54) is 6.92 Å². The van der Waals surface area contributed by atoms with Gasteiger partial charge in [0, 0.05) is 0 Å². The molecule has 6 nitrogen and oxygen atoms in total. The van der Waals surface area contributed by atoms with E-state index in [-0.39, 0.29) is 16.9 Å². The molecule has 0 aliphatic carbocycles. The quantitative estimate of drug-likeness (QED) is 0.509. The molecule has 1 heterocycles. The van der Waals surface area contributed by atoms with E-state index in [0.717, 1.165) is 6.20 Å². The van der Waals surface area contributed by atoms with E-state index >= 15 is 0 Å². The van der Waals surface area contributed by atoms with Crippen molar-refractivity contribution >= 4 is 11.7 Å². The van der Waals surface area contributed by atoms with Crippen LogP contribution in [-0.2, 0) is 0 Å². The van der Waals surface area contributed by atoms with E-state index in [9.17, 15) is 14.9 Å². The third-order valence-corrected chi connectivity index (χ3v) is 1.52. The van der Waals surface area contributed by atoms with Crippen LogP contribution in [0.1, 0.15) is 16.1 Å². The summed E-state index contributed by atoms with van der Waals surface area (Å²) in [5.74, 6) is -1.19. The molecule has 0 fully saturated rings. The highest BCUT2D eigenvalue weighted by Crippen LogP contribution is 2.20. The number of hydrogen-bond donors (Lipinski definition) is 2. The second-order valence-corrected chi connectivity index (χ2v) is 2.24. The molecule has 2 N–H and O–H groups in total. The maximum Gasteiger partial charge on any atom is 0.352 e. The van der Waals surface area contributed by atoms with Crippen LogP contribution in [0.2, 0.25) is 0 Å². The third kappa shape index (κ3) is 1.14. The summed E-state index contributed by atoms with van der Waals surface area (Å²) < 4.78 is 0. The van der Waals surface area contributed by atoms with Crippen LogP contribution in [-0.4, -0.2) is 21.0 Å². The fourth-order valence-electron chi connectivity index (χ4n) is 0.897. The SMILES string of the molecule is Cc1c([N+](=O)[O-])c[nH]c1C(=O)O. The lowest BCUT2D eigenvalue weighted by atomic mass is 10.2. The average molecular weight is 170 g/mol. The smallest absolute Gasteiger partial charge is 0.352 e. The zero-order chi connectivity index (χ0) is 9.30. The maximum absolute atomic E-state index is 10.4. The fourth-order valence-corrected chi connectivity index (χ4v) is 0.897. The number of carboxylic acids is 1. The van der Waals surface area contributed by atoms with Crippen molar-refractivity contribution in [1.29, 1.82) is 0 Å². The standard InChI is InChI=1S/C6H6N2O4/c1-3-4(8(11)12)2-7-5(3)6(9)10/h2,7H,1H3,(H,9,10). The van der Waals surface area contributed by atoms with E-state index < -0.39 is 10.9 Å². The summed E-state index contributed by atoms with van der Waals surface area (Å²) in [5, 5.41) is 18.8. The Labute approximate surface area is 67.0 Å². The Bertz CT molecular complexity index is 310. The molecule has 12 heavy (non-hydrogen) atoms. The third-order valence-electron chi connectivity index (χ3n) is 1.52. The molecule has 0 bridgehead atoms. The van der Waals surface area contributed by atoms with E-state index in [1.807, 2.05) is 0 Å². The molecule has 1 aromatic rings. The Morgan fingerprint density at radius 2 is 2.33 bits per heavy atom. The van der Waals surface area contributed by atoms with Gasteiger partial charge in [0.05, 0.1) is 16.7 Å². The largest absolute Gasteiger partial charge is 0.477 e. The highest BCUT2D eigenvalue weighted by atomic mass is 16.6. The van der Waals surface area contributed by atoms with Crippen molar-refractivity contribution in [3.63, 3.8) is 0 Å². The summed E-state index contributed by atoms with van der Waals surface area (Å²) in [4.78, 5) is 22.3. The number of H-pyrrole nitrogens is 1. The van der Waals surface area contributed by atoms with Gasteiger partial charge in [0.1, 0.15) is 5.69 Å². The van der Waals surface area contributed by atoms with Gasteiger partial charge in [-0.3, -0.25) is 10.1 Å². The van der Waals surface area contributed by atoms with Crippen LogP contribution < -0.4 is 0 Å². The van der Waals surface area contributed by atoms with E-state index in [4.69, 9.17) is 5.11 Å². The van der Waals surface area contributed by atoms with Crippen LogP contribution >= 0.6 is 0 Å². The van der Waals surface area contributed by atoms with Gasteiger partial charge in [-0.25, -0.2) is 4.79 Å². The molecule has 1 aromatic heterocycles. The number of hydrogen-bond acceptors (Lipinski definition) is 3. The minimum absolute atomic E-state index is 0.137. The van der Waals surface area contributed by atoms with Gasteiger partial charge < -0.3 is 10.1 Å². The van der Waals surface area contributed by atoms with E-state index in [0.29, 0.717) is 0 Å². The molecule has 0 aromatic carbocycles. The van der Waals surface area contributed by atoms with Crippen LogP contribution in [0.15, 0.2) is 6.20 Å². The first-order valence-electron chi connectivity index (χ1n) is 3.09. The van der Waals surface area contributed by atoms with Gasteiger partial charge in [0.2, 0.25) is 0 Å². The van der Waals surface area contributed by atoms with Crippen molar-refractivity contribution in [2.45, 2.75) is 6.92 Å². The minimum atomic E-state index is -1.19. The first-order chi connectivity index (χ1) is 5.54. The number of carboxylic acid groups (broad SMARTS) is 1. The van der Waals surface area contributed by atoms with Gasteiger partial charge in [-0.15, -0.1) is 0 Å². The number of nitro groups is 1. The Morgan fingerprint density at radius 3 is 2.58 bits per heavy atom. The van der Waals surface area contributed by atoms with E-state index in [2.05, 4.69) is 4.98 Å². The molecular formula is C6H6N2O4. The average Bonchev–Trinajstić information content (AvgIpc) is 2.30. The number of aromatic nitrogens is 1. The van der Waals surface area contributed by atoms with Crippen molar-refractivity contribution in [2.24, 2.45) is 0 Å². The number of carbonyl (C=O) groups is 1. The van der Waals surface area contributed by atoms with Crippen LogP contribution in [0.5, 0.6) is 0 Å². The highest BCUT2D eigenvalue weighted by Gasteiger charge is 2.19. The normalized spacial score (nSPS) is 9.75. The van der Waals surface area contributed by atoms with Crippen LogP contribution in [0, 0.1) is 17.0 Å². The fraction of sp³-hybridized carbons (Fsp3) is 0.167. The summed E-state index contributed by atoms with van der Waals surface area (Å²) >= 11 is 0. The lowest BCUT2D eigenvalue weighted by Crippen LogP contribution is -1.99. The molecular weight excluding hydrogens is 164 g/mol. The Kier molecular flexibility index (Phi) is 1.82. The van der Waals surface area contributed by atoms with E-state index in [1.54, 1.807) is 0 Å². The molecule has 64 valence electrons. The van der Waals surface area contributed by atoms with Crippen LogP contribution in [0.25, 0.3) is 0 Å². The van der Waals surface area contributed by atoms with Gasteiger partial charge in [-0.2, -0.15) is 0 Å². The van der Waals surface area contributed by atoms with Gasteiger partial charge in [0.15, 0.2) is 0 Å². The molecule has 0 radical (unpaired) electrons. The topological polar surface area (TPSA) is 96.2 Å².